The molecule has 1 N–H and O–H groups in total. The molecule has 2 heteroatoms. The maximum absolute atomic E-state index is 9.13. The molecule has 0 aromatic rings. The van der Waals surface area contributed by atoms with Crippen LogP contribution in [0.4, 0.5) is 0 Å². The van der Waals surface area contributed by atoms with Crippen molar-refractivity contribution < 1.29 is 5.02 Å². The fraction of sp³-hybridized carbons (Fsp3) is 1.00. The molecule has 0 fully saturated rings. The van der Waals surface area contributed by atoms with Gasteiger partial charge in [0.25, 0.3) is 6.92 Å². The number of rotatable bonds is 4. The third-order valence-corrected chi connectivity index (χ3v) is 2.02. The Bertz CT molecular complexity index is 81.3. The van der Waals surface area contributed by atoms with Gasteiger partial charge in [0.05, 0.1) is 0 Å². The maximum Gasteiger partial charge on any atom is 0.288 e. The normalized spacial score (nSPS) is 13.8. The van der Waals surface area contributed by atoms with Crippen LogP contribution in [0.15, 0.2) is 0 Å². The molecule has 1 nitrogen and oxygen atoms in total. The summed E-state index contributed by atoms with van der Waals surface area (Å²) in [5.74, 6) is 1.23. The molecular formula is C8H19BO. The van der Waals surface area contributed by atoms with Crippen molar-refractivity contribution in [1.82, 2.24) is 0 Å². The smallest absolute Gasteiger partial charge is 0.288 e. The summed E-state index contributed by atoms with van der Waals surface area (Å²) in [5.41, 5.74) is 0. The SMILES string of the molecule is CB(O)C(C)CCC(C)C. The Morgan fingerprint density at radius 1 is 1.20 bits per heavy atom. The third-order valence-electron chi connectivity index (χ3n) is 2.02. The molecule has 0 heterocycles. The van der Waals surface area contributed by atoms with Crippen molar-refractivity contribution in [1.29, 1.82) is 0 Å². The molecule has 0 aromatic carbocycles. The predicted molar refractivity (Wildman–Crippen MR) is 47.3 cm³/mol. The van der Waals surface area contributed by atoms with Gasteiger partial charge in [0.2, 0.25) is 0 Å². The zero-order valence-electron chi connectivity index (χ0n) is 7.59. The minimum Gasteiger partial charge on any atom is -0.450 e. The second kappa shape index (κ2) is 4.78. The van der Waals surface area contributed by atoms with Crippen LogP contribution in [0.25, 0.3) is 0 Å². The van der Waals surface area contributed by atoms with E-state index in [4.69, 9.17) is 5.02 Å². The van der Waals surface area contributed by atoms with Crippen molar-refractivity contribution in [3.05, 3.63) is 0 Å². The lowest BCUT2D eigenvalue weighted by Gasteiger charge is -2.12. The van der Waals surface area contributed by atoms with Crippen LogP contribution >= 0.6 is 0 Å². The second-order valence-corrected chi connectivity index (χ2v) is 3.69. The molecule has 0 saturated heterocycles. The summed E-state index contributed by atoms with van der Waals surface area (Å²) in [7, 11) is 0. The van der Waals surface area contributed by atoms with Crippen molar-refractivity contribution in [2.75, 3.05) is 0 Å². The van der Waals surface area contributed by atoms with Crippen LogP contribution < -0.4 is 0 Å². The first-order chi connectivity index (χ1) is 4.54. The largest absolute Gasteiger partial charge is 0.450 e. The highest BCUT2D eigenvalue weighted by Crippen LogP contribution is 2.18. The van der Waals surface area contributed by atoms with Gasteiger partial charge >= 0.3 is 0 Å². The molecule has 0 aliphatic rings. The zero-order valence-corrected chi connectivity index (χ0v) is 7.59. The molecule has 0 aromatic heterocycles. The average molecular weight is 142 g/mol. The lowest BCUT2D eigenvalue weighted by atomic mass is 9.58. The van der Waals surface area contributed by atoms with E-state index >= 15 is 0 Å². The molecule has 0 saturated carbocycles. The standard InChI is InChI=1S/C8H19BO/c1-7(2)5-6-8(3)9(4)10/h7-8,10H,5-6H2,1-4H3. The van der Waals surface area contributed by atoms with Gasteiger partial charge in [-0.05, 0) is 11.7 Å². The topological polar surface area (TPSA) is 20.2 Å². The molecule has 10 heavy (non-hydrogen) atoms. The molecule has 1 unspecified atom stereocenters. The first-order valence-electron chi connectivity index (χ1n) is 4.22. The second-order valence-electron chi connectivity index (χ2n) is 3.69. The predicted octanol–water partition coefficient (Wildman–Crippen LogP) is 2.43. The molecule has 0 rings (SSSR count). The van der Waals surface area contributed by atoms with Crippen molar-refractivity contribution >= 4 is 6.92 Å². The average Bonchev–Trinajstić information content (AvgIpc) is 1.82. The quantitative estimate of drug-likeness (QED) is 0.597. The summed E-state index contributed by atoms with van der Waals surface area (Å²) >= 11 is 0. The molecule has 0 radical (unpaired) electrons. The highest BCUT2D eigenvalue weighted by atomic mass is 16.2. The Hall–Kier alpha value is 0.0249. The van der Waals surface area contributed by atoms with E-state index in [0.29, 0.717) is 5.82 Å². The molecule has 0 spiro atoms. The lowest BCUT2D eigenvalue weighted by Crippen LogP contribution is -2.13. The van der Waals surface area contributed by atoms with Gasteiger partial charge in [0.1, 0.15) is 0 Å². The van der Waals surface area contributed by atoms with Gasteiger partial charge in [-0.2, -0.15) is 0 Å². The molecule has 1 atom stereocenters. The van der Waals surface area contributed by atoms with E-state index in [1.807, 2.05) is 6.82 Å². The fourth-order valence-corrected chi connectivity index (χ4v) is 0.837. The lowest BCUT2D eigenvalue weighted by molar-refractivity contribution is 0.505. The van der Waals surface area contributed by atoms with Crippen LogP contribution in [0, 0.1) is 5.92 Å². The van der Waals surface area contributed by atoms with Gasteiger partial charge in [0, 0.05) is 0 Å². The van der Waals surface area contributed by atoms with Crippen molar-refractivity contribution in [2.45, 2.75) is 46.3 Å². The highest BCUT2D eigenvalue weighted by molar-refractivity contribution is 6.50. The van der Waals surface area contributed by atoms with E-state index < -0.39 is 0 Å². The van der Waals surface area contributed by atoms with E-state index in [1.165, 1.54) is 6.42 Å². The summed E-state index contributed by atoms with van der Waals surface area (Å²) in [5, 5.41) is 9.13. The molecule has 0 aliphatic heterocycles. The molecule has 60 valence electrons. The van der Waals surface area contributed by atoms with Crippen LogP contribution in [0.1, 0.15) is 33.6 Å². The Balaban J connectivity index is 3.30. The van der Waals surface area contributed by atoms with Crippen molar-refractivity contribution in [3.8, 4) is 0 Å². The van der Waals surface area contributed by atoms with E-state index in [1.54, 1.807) is 0 Å². The number of hydrogen-bond donors (Lipinski definition) is 1. The monoisotopic (exact) mass is 142 g/mol. The van der Waals surface area contributed by atoms with Crippen LogP contribution in [0.5, 0.6) is 0 Å². The summed E-state index contributed by atoms with van der Waals surface area (Å²) in [6.45, 7) is 8.26. The Kier molecular flexibility index (Phi) is 4.79. The summed E-state index contributed by atoms with van der Waals surface area (Å²) in [6, 6.07) is 0. The molecular weight excluding hydrogens is 123 g/mol. The minimum absolute atomic E-state index is 0.140. The third kappa shape index (κ3) is 4.86. The zero-order chi connectivity index (χ0) is 8.15. The van der Waals surface area contributed by atoms with E-state index in [2.05, 4.69) is 20.8 Å². The maximum atomic E-state index is 9.13. The number of hydrogen-bond acceptors (Lipinski definition) is 1. The van der Waals surface area contributed by atoms with Gasteiger partial charge in [-0.3, -0.25) is 0 Å². The van der Waals surface area contributed by atoms with Crippen molar-refractivity contribution in [2.24, 2.45) is 5.92 Å². The van der Waals surface area contributed by atoms with E-state index in [0.717, 1.165) is 12.3 Å². The van der Waals surface area contributed by atoms with Gasteiger partial charge in [-0.1, -0.05) is 40.4 Å². The Morgan fingerprint density at radius 2 is 1.70 bits per heavy atom. The van der Waals surface area contributed by atoms with Crippen LogP contribution in [-0.2, 0) is 0 Å². The molecule has 0 aliphatic carbocycles. The van der Waals surface area contributed by atoms with E-state index in [-0.39, 0.29) is 6.92 Å². The minimum atomic E-state index is -0.140. The van der Waals surface area contributed by atoms with Crippen LogP contribution in [0.2, 0.25) is 12.6 Å². The van der Waals surface area contributed by atoms with Crippen LogP contribution in [0.3, 0.4) is 0 Å². The first kappa shape index (κ1) is 10.0. The highest BCUT2D eigenvalue weighted by Gasteiger charge is 2.13. The van der Waals surface area contributed by atoms with Gasteiger partial charge < -0.3 is 5.02 Å². The summed E-state index contributed by atoms with van der Waals surface area (Å²) in [6.07, 6.45) is 2.38. The van der Waals surface area contributed by atoms with Crippen molar-refractivity contribution in [3.63, 3.8) is 0 Å². The van der Waals surface area contributed by atoms with Gasteiger partial charge in [0.15, 0.2) is 0 Å². The Labute approximate surface area is 64.9 Å². The summed E-state index contributed by atoms with van der Waals surface area (Å²) < 4.78 is 0. The molecule has 0 bridgehead atoms. The first-order valence-corrected chi connectivity index (χ1v) is 4.22. The summed E-state index contributed by atoms with van der Waals surface area (Å²) in [4.78, 5) is 0. The van der Waals surface area contributed by atoms with Gasteiger partial charge in [-0.15, -0.1) is 0 Å². The molecule has 0 amide bonds. The van der Waals surface area contributed by atoms with Crippen LogP contribution in [-0.4, -0.2) is 11.9 Å². The van der Waals surface area contributed by atoms with E-state index in [9.17, 15) is 0 Å². The van der Waals surface area contributed by atoms with Gasteiger partial charge in [-0.25, -0.2) is 0 Å². The Morgan fingerprint density at radius 3 is 2.00 bits per heavy atom. The fourth-order valence-electron chi connectivity index (χ4n) is 0.837.